The number of hydrogen-bond acceptors (Lipinski definition) is 2. The molecule has 2 nitrogen and oxygen atoms in total. The quantitative estimate of drug-likeness (QED) is 0.744. The van der Waals surface area contributed by atoms with Crippen LogP contribution in [0.2, 0.25) is 0 Å². The molecule has 16 heavy (non-hydrogen) atoms. The van der Waals surface area contributed by atoms with Crippen molar-refractivity contribution in [2.75, 3.05) is 0 Å². The van der Waals surface area contributed by atoms with E-state index in [9.17, 15) is 4.79 Å². The molecule has 0 aromatic carbocycles. The number of thiol groups is 1. The van der Waals surface area contributed by atoms with Gasteiger partial charge in [-0.3, -0.25) is 4.79 Å². The Bertz CT molecular complexity index is 278. The van der Waals surface area contributed by atoms with Crippen LogP contribution in [0.15, 0.2) is 0 Å². The van der Waals surface area contributed by atoms with Crippen molar-refractivity contribution >= 4 is 18.6 Å². The molecule has 0 amide bonds. The molecule has 1 atom stereocenters. The van der Waals surface area contributed by atoms with Gasteiger partial charge in [-0.1, -0.05) is 0 Å². The zero-order valence-electron chi connectivity index (χ0n) is 9.56. The third-order valence-corrected chi connectivity index (χ3v) is 5.89. The second kappa shape index (κ2) is 3.66. The van der Waals surface area contributed by atoms with Crippen LogP contribution in [0.1, 0.15) is 44.9 Å². The normalized spacial score (nSPS) is 46.9. The van der Waals surface area contributed by atoms with Crippen molar-refractivity contribution in [2.45, 2.75) is 50.2 Å². The van der Waals surface area contributed by atoms with Crippen LogP contribution in [0.3, 0.4) is 0 Å². The first-order valence-corrected chi connectivity index (χ1v) is 6.99. The molecule has 1 N–H and O–H groups in total. The van der Waals surface area contributed by atoms with Gasteiger partial charge >= 0.3 is 5.97 Å². The summed E-state index contributed by atoms with van der Waals surface area (Å²) in [5.74, 6) is 1.97. The Morgan fingerprint density at radius 2 is 1.62 bits per heavy atom. The number of aliphatic carboxylic acids is 1. The Hall–Kier alpha value is -0.180. The van der Waals surface area contributed by atoms with Crippen molar-refractivity contribution in [3.05, 3.63) is 0 Å². The smallest absolute Gasteiger partial charge is 0.304 e. The van der Waals surface area contributed by atoms with Crippen molar-refractivity contribution in [1.82, 2.24) is 0 Å². The van der Waals surface area contributed by atoms with Crippen molar-refractivity contribution in [3.63, 3.8) is 0 Å². The number of hydrogen-bond donors (Lipinski definition) is 2. The minimum atomic E-state index is -0.684. The molecule has 4 rings (SSSR count). The molecule has 4 aliphatic rings. The first-order valence-electron chi connectivity index (χ1n) is 6.47. The second-order valence-electron chi connectivity index (χ2n) is 6.39. The molecule has 90 valence electrons. The molecule has 4 fully saturated rings. The average molecular weight is 240 g/mol. The molecule has 0 aromatic rings. The van der Waals surface area contributed by atoms with Gasteiger partial charge in [-0.25, -0.2) is 0 Å². The van der Waals surface area contributed by atoms with Crippen LogP contribution >= 0.6 is 12.6 Å². The zero-order valence-corrected chi connectivity index (χ0v) is 10.5. The molecule has 0 heterocycles. The minimum Gasteiger partial charge on any atom is -0.481 e. The fourth-order valence-corrected chi connectivity index (χ4v) is 5.44. The van der Waals surface area contributed by atoms with Crippen LogP contribution in [-0.2, 0) is 4.79 Å². The van der Waals surface area contributed by atoms with Gasteiger partial charge in [-0.2, -0.15) is 12.6 Å². The zero-order chi connectivity index (χ0) is 11.3. The molecule has 3 heteroatoms. The highest BCUT2D eigenvalue weighted by Gasteiger charge is 2.53. The largest absolute Gasteiger partial charge is 0.481 e. The molecule has 0 radical (unpaired) electrons. The highest BCUT2D eigenvalue weighted by molar-refractivity contribution is 7.81. The molecular weight excluding hydrogens is 220 g/mol. The lowest BCUT2D eigenvalue weighted by Crippen LogP contribution is -2.50. The van der Waals surface area contributed by atoms with Crippen molar-refractivity contribution < 1.29 is 9.90 Å². The fourth-order valence-electron chi connectivity index (χ4n) is 4.97. The Morgan fingerprint density at radius 3 is 2.00 bits per heavy atom. The third-order valence-electron chi connectivity index (χ3n) is 5.16. The lowest BCUT2D eigenvalue weighted by molar-refractivity contribution is -0.138. The van der Waals surface area contributed by atoms with E-state index in [2.05, 4.69) is 12.6 Å². The Balaban J connectivity index is 1.80. The van der Waals surface area contributed by atoms with E-state index in [1.165, 1.54) is 38.5 Å². The van der Waals surface area contributed by atoms with Gasteiger partial charge in [0.05, 0.1) is 6.42 Å². The fraction of sp³-hybridized carbons (Fsp3) is 0.923. The van der Waals surface area contributed by atoms with Crippen LogP contribution in [0.4, 0.5) is 0 Å². The maximum atomic E-state index is 10.9. The van der Waals surface area contributed by atoms with E-state index in [0.717, 1.165) is 17.8 Å². The molecule has 0 aliphatic heterocycles. The predicted octanol–water partition coefficient (Wildman–Crippen LogP) is 2.98. The lowest BCUT2D eigenvalue weighted by Gasteiger charge is -2.58. The number of carboxylic acids is 1. The van der Waals surface area contributed by atoms with Crippen molar-refractivity contribution in [3.8, 4) is 0 Å². The first-order chi connectivity index (χ1) is 7.57. The summed E-state index contributed by atoms with van der Waals surface area (Å²) in [5.41, 5.74) is 0.274. The maximum absolute atomic E-state index is 10.9. The SMILES string of the molecule is O=C(O)CC(S)C12CC3CC(CC(C3)C1)C2. The summed E-state index contributed by atoms with van der Waals surface area (Å²) in [7, 11) is 0. The first kappa shape index (κ1) is 10.9. The molecule has 1 unspecified atom stereocenters. The summed E-state index contributed by atoms with van der Waals surface area (Å²) < 4.78 is 0. The molecule has 0 aromatic heterocycles. The van der Waals surface area contributed by atoms with E-state index in [1.807, 2.05) is 0 Å². The van der Waals surface area contributed by atoms with Gasteiger partial charge < -0.3 is 5.11 Å². The van der Waals surface area contributed by atoms with Gasteiger partial charge in [0.2, 0.25) is 0 Å². The van der Waals surface area contributed by atoms with E-state index in [-0.39, 0.29) is 17.1 Å². The summed E-state index contributed by atoms with van der Waals surface area (Å²) in [5, 5.41) is 9.02. The topological polar surface area (TPSA) is 37.3 Å². The summed E-state index contributed by atoms with van der Waals surface area (Å²) in [4.78, 5) is 10.9. The van der Waals surface area contributed by atoms with E-state index < -0.39 is 5.97 Å². The van der Waals surface area contributed by atoms with E-state index in [1.54, 1.807) is 0 Å². The molecule has 0 spiro atoms. The maximum Gasteiger partial charge on any atom is 0.304 e. The predicted molar refractivity (Wildman–Crippen MR) is 65.6 cm³/mol. The van der Waals surface area contributed by atoms with Crippen LogP contribution < -0.4 is 0 Å². The minimum absolute atomic E-state index is 0.0819. The summed E-state index contributed by atoms with van der Waals surface area (Å²) in [6.45, 7) is 0. The second-order valence-corrected chi connectivity index (χ2v) is 7.02. The highest BCUT2D eigenvalue weighted by atomic mass is 32.1. The molecule has 4 saturated carbocycles. The molecule has 4 bridgehead atoms. The third kappa shape index (κ3) is 1.68. The van der Waals surface area contributed by atoms with Crippen LogP contribution in [-0.4, -0.2) is 16.3 Å². The van der Waals surface area contributed by atoms with Crippen LogP contribution in [0.25, 0.3) is 0 Å². The van der Waals surface area contributed by atoms with Gasteiger partial charge in [-0.05, 0) is 61.7 Å². The van der Waals surface area contributed by atoms with Crippen LogP contribution in [0, 0.1) is 23.2 Å². The molecule has 0 saturated heterocycles. The highest BCUT2D eigenvalue weighted by Crippen LogP contribution is 2.62. The Kier molecular flexibility index (Phi) is 2.50. The van der Waals surface area contributed by atoms with E-state index in [4.69, 9.17) is 5.11 Å². The Labute approximate surface area is 102 Å². The monoisotopic (exact) mass is 240 g/mol. The van der Waals surface area contributed by atoms with Crippen molar-refractivity contribution in [1.29, 1.82) is 0 Å². The summed E-state index contributed by atoms with van der Waals surface area (Å²) in [6, 6.07) is 0. The van der Waals surface area contributed by atoms with Gasteiger partial charge in [0.25, 0.3) is 0 Å². The van der Waals surface area contributed by atoms with E-state index >= 15 is 0 Å². The molecule has 4 aliphatic carbocycles. The van der Waals surface area contributed by atoms with Gasteiger partial charge in [0.15, 0.2) is 0 Å². The average Bonchev–Trinajstić information content (AvgIpc) is 2.13. The Morgan fingerprint density at radius 1 is 1.19 bits per heavy atom. The van der Waals surface area contributed by atoms with Crippen LogP contribution in [0.5, 0.6) is 0 Å². The molecular formula is C13H20O2S. The number of rotatable bonds is 3. The van der Waals surface area contributed by atoms with E-state index in [0.29, 0.717) is 0 Å². The number of carbonyl (C=O) groups is 1. The van der Waals surface area contributed by atoms with Gasteiger partial charge in [0.1, 0.15) is 0 Å². The van der Waals surface area contributed by atoms with Crippen molar-refractivity contribution in [2.24, 2.45) is 23.2 Å². The number of carboxylic acid groups (broad SMARTS) is 1. The summed E-state index contributed by atoms with van der Waals surface area (Å²) >= 11 is 4.63. The van der Waals surface area contributed by atoms with Gasteiger partial charge in [-0.15, -0.1) is 0 Å². The van der Waals surface area contributed by atoms with Gasteiger partial charge in [0, 0.05) is 5.25 Å². The summed E-state index contributed by atoms with van der Waals surface area (Å²) in [6.07, 6.45) is 8.23. The lowest BCUT2D eigenvalue weighted by atomic mass is 9.48. The standard InChI is InChI=1S/C13H20O2S/c14-12(15)4-11(16)13-5-8-1-9(6-13)3-10(2-8)7-13/h8-11,16H,1-7H2,(H,14,15).